The van der Waals surface area contributed by atoms with Gasteiger partial charge in [0, 0.05) is 32.3 Å². The molecule has 3 nitrogen and oxygen atoms in total. The van der Waals surface area contributed by atoms with Gasteiger partial charge in [0.2, 0.25) is 0 Å². The van der Waals surface area contributed by atoms with Gasteiger partial charge in [-0.25, -0.2) is 0 Å². The summed E-state index contributed by atoms with van der Waals surface area (Å²) in [5.41, 5.74) is 0. The quantitative estimate of drug-likeness (QED) is 0.797. The predicted octanol–water partition coefficient (Wildman–Crippen LogP) is 1.87. The Kier molecular flexibility index (Phi) is 4.83. The second-order valence-electron chi connectivity index (χ2n) is 5.97. The second-order valence-corrected chi connectivity index (χ2v) is 5.97. The molecule has 0 radical (unpaired) electrons. The number of nitrogens with one attached hydrogen (secondary N) is 1. The van der Waals surface area contributed by atoms with Crippen molar-refractivity contribution in [2.75, 3.05) is 26.7 Å². The van der Waals surface area contributed by atoms with E-state index in [2.05, 4.69) is 24.1 Å². The van der Waals surface area contributed by atoms with Crippen molar-refractivity contribution in [3.8, 4) is 0 Å². The third kappa shape index (κ3) is 3.43. The molecular weight excluding hydrogens is 212 g/mol. The fourth-order valence-corrected chi connectivity index (χ4v) is 3.32. The third-order valence-corrected chi connectivity index (χ3v) is 4.40. The lowest BCUT2D eigenvalue weighted by molar-refractivity contribution is 0.0229. The number of hydrogen-bond acceptors (Lipinski definition) is 3. The van der Waals surface area contributed by atoms with Crippen LogP contribution in [0.3, 0.4) is 0 Å². The van der Waals surface area contributed by atoms with Gasteiger partial charge in [-0.3, -0.25) is 4.90 Å². The van der Waals surface area contributed by atoms with Gasteiger partial charge in [-0.2, -0.15) is 0 Å². The molecule has 1 aliphatic carbocycles. The summed E-state index contributed by atoms with van der Waals surface area (Å²) in [5, 5.41) is 3.61. The summed E-state index contributed by atoms with van der Waals surface area (Å²) in [6.07, 6.45) is 5.65. The highest BCUT2D eigenvalue weighted by Crippen LogP contribution is 2.27. The number of hydrogen-bond donors (Lipinski definition) is 1. The molecule has 0 amide bonds. The Bertz CT molecular complexity index is 234. The van der Waals surface area contributed by atoms with Gasteiger partial charge in [0.1, 0.15) is 0 Å². The highest BCUT2D eigenvalue weighted by Gasteiger charge is 2.33. The molecule has 1 saturated carbocycles. The lowest BCUT2D eigenvalue weighted by Gasteiger charge is -2.37. The van der Waals surface area contributed by atoms with Crippen LogP contribution in [0.5, 0.6) is 0 Å². The summed E-state index contributed by atoms with van der Waals surface area (Å²) >= 11 is 0. The topological polar surface area (TPSA) is 24.5 Å². The highest BCUT2D eigenvalue weighted by atomic mass is 16.5. The van der Waals surface area contributed by atoms with Crippen LogP contribution < -0.4 is 5.32 Å². The smallest absolute Gasteiger partial charge is 0.0726 e. The maximum atomic E-state index is 5.65. The molecule has 0 aromatic carbocycles. The Balaban J connectivity index is 1.96. The van der Waals surface area contributed by atoms with E-state index in [0.717, 1.165) is 12.5 Å². The van der Waals surface area contributed by atoms with Crippen LogP contribution in [0.4, 0.5) is 0 Å². The van der Waals surface area contributed by atoms with E-state index in [9.17, 15) is 0 Å². The first-order valence-electron chi connectivity index (χ1n) is 7.21. The van der Waals surface area contributed by atoms with Crippen molar-refractivity contribution in [1.82, 2.24) is 10.2 Å². The molecule has 0 spiro atoms. The molecule has 100 valence electrons. The number of nitrogens with zero attached hydrogens (tertiary/aromatic N) is 1. The molecule has 1 saturated heterocycles. The van der Waals surface area contributed by atoms with Gasteiger partial charge >= 0.3 is 0 Å². The van der Waals surface area contributed by atoms with Crippen molar-refractivity contribution in [1.29, 1.82) is 0 Å². The van der Waals surface area contributed by atoms with Gasteiger partial charge in [0.05, 0.1) is 6.10 Å². The Morgan fingerprint density at radius 1 is 1.18 bits per heavy atom. The van der Waals surface area contributed by atoms with Gasteiger partial charge in [0.25, 0.3) is 0 Å². The summed E-state index contributed by atoms with van der Waals surface area (Å²) in [6.45, 7) is 8.27. The molecule has 0 aromatic rings. The average molecular weight is 240 g/mol. The third-order valence-electron chi connectivity index (χ3n) is 4.40. The predicted molar refractivity (Wildman–Crippen MR) is 71.3 cm³/mol. The SMILES string of the molecule is COC1CCCC1N1CCC(C)NCC(C)C1. The zero-order chi connectivity index (χ0) is 12.3. The zero-order valence-electron chi connectivity index (χ0n) is 11.6. The average Bonchev–Trinajstić information content (AvgIpc) is 2.77. The molecule has 3 heteroatoms. The Labute approximate surface area is 106 Å². The Hall–Kier alpha value is -0.120. The molecule has 1 N–H and O–H groups in total. The first kappa shape index (κ1) is 13.3. The molecule has 4 atom stereocenters. The van der Waals surface area contributed by atoms with Crippen molar-refractivity contribution in [3.05, 3.63) is 0 Å². The minimum Gasteiger partial charge on any atom is -0.380 e. The minimum atomic E-state index is 0.477. The summed E-state index contributed by atoms with van der Waals surface area (Å²) in [7, 11) is 1.88. The Morgan fingerprint density at radius 2 is 2.00 bits per heavy atom. The lowest BCUT2D eigenvalue weighted by atomic mass is 10.0. The maximum Gasteiger partial charge on any atom is 0.0726 e. The fourth-order valence-electron chi connectivity index (χ4n) is 3.32. The summed E-state index contributed by atoms with van der Waals surface area (Å²) in [6, 6.07) is 1.33. The van der Waals surface area contributed by atoms with Crippen molar-refractivity contribution in [2.45, 2.75) is 57.7 Å². The van der Waals surface area contributed by atoms with Crippen LogP contribution in [0.15, 0.2) is 0 Å². The monoisotopic (exact) mass is 240 g/mol. The fraction of sp³-hybridized carbons (Fsp3) is 1.00. The largest absolute Gasteiger partial charge is 0.380 e. The minimum absolute atomic E-state index is 0.477. The van der Waals surface area contributed by atoms with E-state index in [1.54, 1.807) is 0 Å². The number of rotatable bonds is 2. The maximum absolute atomic E-state index is 5.65. The van der Waals surface area contributed by atoms with Crippen LogP contribution >= 0.6 is 0 Å². The van der Waals surface area contributed by atoms with Gasteiger partial charge in [-0.05, 0) is 45.1 Å². The van der Waals surface area contributed by atoms with E-state index in [0.29, 0.717) is 18.2 Å². The zero-order valence-corrected chi connectivity index (χ0v) is 11.6. The molecule has 0 bridgehead atoms. The number of ether oxygens (including phenoxy) is 1. The van der Waals surface area contributed by atoms with Crippen LogP contribution in [-0.4, -0.2) is 49.8 Å². The van der Waals surface area contributed by atoms with Crippen LogP contribution in [0.25, 0.3) is 0 Å². The van der Waals surface area contributed by atoms with Crippen LogP contribution in [0, 0.1) is 5.92 Å². The summed E-state index contributed by atoms with van der Waals surface area (Å²) < 4.78 is 5.65. The van der Waals surface area contributed by atoms with Crippen molar-refractivity contribution >= 4 is 0 Å². The van der Waals surface area contributed by atoms with E-state index >= 15 is 0 Å². The Morgan fingerprint density at radius 3 is 2.76 bits per heavy atom. The summed E-state index contributed by atoms with van der Waals surface area (Å²) in [5.74, 6) is 0.746. The molecule has 4 unspecified atom stereocenters. The molecule has 1 aliphatic heterocycles. The van der Waals surface area contributed by atoms with Gasteiger partial charge in [-0.1, -0.05) is 6.92 Å². The van der Waals surface area contributed by atoms with E-state index in [4.69, 9.17) is 4.74 Å². The second kappa shape index (κ2) is 6.17. The van der Waals surface area contributed by atoms with E-state index < -0.39 is 0 Å². The molecule has 0 aromatic heterocycles. The molecule has 2 aliphatic rings. The molecular formula is C14H28N2O. The standard InChI is InChI=1S/C14H28N2O/c1-11-9-15-12(2)7-8-16(10-11)13-5-4-6-14(13)17-3/h11-15H,4-10H2,1-3H3. The first-order chi connectivity index (χ1) is 8.20. The van der Waals surface area contributed by atoms with Crippen molar-refractivity contribution < 1.29 is 4.74 Å². The van der Waals surface area contributed by atoms with Crippen molar-refractivity contribution in [2.24, 2.45) is 5.92 Å². The van der Waals surface area contributed by atoms with Crippen LogP contribution in [0.2, 0.25) is 0 Å². The molecule has 2 fully saturated rings. The van der Waals surface area contributed by atoms with E-state index in [-0.39, 0.29) is 0 Å². The lowest BCUT2D eigenvalue weighted by Crippen LogP contribution is -2.49. The molecule has 2 rings (SSSR count). The first-order valence-corrected chi connectivity index (χ1v) is 7.21. The normalized spacial score (nSPS) is 41.1. The van der Waals surface area contributed by atoms with Gasteiger partial charge < -0.3 is 10.1 Å². The molecule has 17 heavy (non-hydrogen) atoms. The number of methoxy groups -OCH3 is 1. The van der Waals surface area contributed by atoms with Gasteiger partial charge in [-0.15, -0.1) is 0 Å². The van der Waals surface area contributed by atoms with Crippen LogP contribution in [-0.2, 0) is 4.74 Å². The van der Waals surface area contributed by atoms with Gasteiger partial charge in [0.15, 0.2) is 0 Å². The molecule has 1 heterocycles. The van der Waals surface area contributed by atoms with E-state index in [1.807, 2.05) is 7.11 Å². The highest BCUT2D eigenvalue weighted by molar-refractivity contribution is 4.88. The van der Waals surface area contributed by atoms with Crippen LogP contribution in [0.1, 0.15) is 39.5 Å². The van der Waals surface area contributed by atoms with Crippen molar-refractivity contribution in [3.63, 3.8) is 0 Å². The summed E-state index contributed by atoms with van der Waals surface area (Å²) in [4.78, 5) is 2.70. The van der Waals surface area contributed by atoms with E-state index in [1.165, 1.54) is 38.8 Å².